The van der Waals surface area contributed by atoms with Crippen molar-refractivity contribution in [1.29, 1.82) is 0 Å². The number of benzene rings is 2. The molecule has 0 atom stereocenters. The average Bonchev–Trinajstić information content (AvgIpc) is 2.48. The van der Waals surface area contributed by atoms with Gasteiger partial charge in [0.15, 0.2) is 6.61 Å². The maximum Gasteiger partial charge on any atom is 0.271 e. The largest absolute Gasteiger partial charge is 0.483 e. The number of nitrogens with one attached hydrogen (secondary N) is 1. The van der Waals surface area contributed by atoms with Gasteiger partial charge in [0.25, 0.3) is 11.6 Å². The topological polar surface area (TPSA) is 81.5 Å². The molecule has 0 saturated heterocycles. The molecule has 1 N–H and O–H groups in total. The van der Waals surface area contributed by atoms with Crippen molar-refractivity contribution in [3.63, 3.8) is 0 Å². The molecule has 0 heterocycles. The van der Waals surface area contributed by atoms with Crippen LogP contribution in [0.5, 0.6) is 5.75 Å². The predicted octanol–water partition coefficient (Wildman–Crippen LogP) is 4.13. The lowest BCUT2D eigenvalue weighted by Gasteiger charge is -2.13. The molecule has 0 aliphatic heterocycles. The van der Waals surface area contributed by atoms with Gasteiger partial charge in [-0.2, -0.15) is 0 Å². The summed E-state index contributed by atoms with van der Waals surface area (Å²) in [6, 6.07) is 6.61. The van der Waals surface area contributed by atoms with Crippen LogP contribution in [0.1, 0.15) is 11.1 Å². The Morgan fingerprint density at radius 1 is 1.29 bits per heavy atom. The van der Waals surface area contributed by atoms with Crippen molar-refractivity contribution in [2.45, 2.75) is 13.8 Å². The van der Waals surface area contributed by atoms with Crippen molar-refractivity contribution < 1.29 is 18.8 Å². The molecule has 2 rings (SSSR count). The molecule has 24 heavy (non-hydrogen) atoms. The highest BCUT2D eigenvalue weighted by molar-refractivity contribution is 9.10. The minimum absolute atomic E-state index is 0.262. The zero-order chi connectivity index (χ0) is 17.9. The van der Waals surface area contributed by atoms with Crippen LogP contribution in [0, 0.1) is 29.8 Å². The second-order valence-electron chi connectivity index (χ2n) is 5.13. The molecule has 0 fully saturated rings. The first kappa shape index (κ1) is 17.9. The Balaban J connectivity index is 2.07. The minimum atomic E-state index is -0.759. The van der Waals surface area contributed by atoms with Crippen LogP contribution in [-0.4, -0.2) is 17.4 Å². The van der Waals surface area contributed by atoms with E-state index >= 15 is 0 Å². The Morgan fingerprint density at radius 2 is 1.92 bits per heavy atom. The summed E-state index contributed by atoms with van der Waals surface area (Å²) in [4.78, 5) is 22.0. The molecule has 8 heteroatoms. The molecule has 0 bridgehead atoms. The fourth-order valence-corrected chi connectivity index (χ4v) is 2.86. The number of aryl methyl sites for hydroxylation is 2. The van der Waals surface area contributed by atoms with Crippen LogP contribution in [-0.2, 0) is 4.79 Å². The second-order valence-corrected chi connectivity index (χ2v) is 6.04. The first-order valence-electron chi connectivity index (χ1n) is 6.91. The van der Waals surface area contributed by atoms with Gasteiger partial charge in [0, 0.05) is 16.6 Å². The Bertz CT molecular complexity index is 788. The van der Waals surface area contributed by atoms with Crippen LogP contribution in [0.4, 0.5) is 15.8 Å². The number of halogens is 2. The number of nitrogens with zero attached hydrogens (tertiary/aromatic N) is 1. The van der Waals surface area contributed by atoms with E-state index in [9.17, 15) is 19.3 Å². The number of nitro groups is 1. The second kappa shape index (κ2) is 7.39. The van der Waals surface area contributed by atoms with E-state index < -0.39 is 16.6 Å². The summed E-state index contributed by atoms with van der Waals surface area (Å²) >= 11 is 3.37. The molecule has 0 aromatic heterocycles. The van der Waals surface area contributed by atoms with E-state index in [1.54, 1.807) is 0 Å². The SMILES string of the molecule is Cc1cc(Br)cc(C)c1OCC(=O)Nc1cc([N+](=O)[O-])ccc1F. The van der Waals surface area contributed by atoms with Gasteiger partial charge in [-0.3, -0.25) is 14.9 Å². The number of carbonyl (C=O) groups excluding carboxylic acids is 1. The molecule has 0 aliphatic carbocycles. The van der Waals surface area contributed by atoms with Gasteiger partial charge in [-0.1, -0.05) is 15.9 Å². The molecule has 0 spiro atoms. The highest BCUT2D eigenvalue weighted by Crippen LogP contribution is 2.27. The summed E-state index contributed by atoms with van der Waals surface area (Å²) in [6.07, 6.45) is 0. The van der Waals surface area contributed by atoms with Crippen LogP contribution in [0.25, 0.3) is 0 Å². The molecule has 6 nitrogen and oxygen atoms in total. The molecule has 0 radical (unpaired) electrons. The van der Waals surface area contributed by atoms with Crippen LogP contribution < -0.4 is 10.1 Å². The molecule has 0 aliphatic rings. The maximum absolute atomic E-state index is 13.6. The lowest BCUT2D eigenvalue weighted by Crippen LogP contribution is -2.21. The van der Waals surface area contributed by atoms with Gasteiger partial charge in [-0.25, -0.2) is 4.39 Å². The molecule has 126 valence electrons. The molecule has 0 unspecified atom stereocenters. The molecular weight excluding hydrogens is 383 g/mol. The normalized spacial score (nSPS) is 10.3. The number of rotatable bonds is 5. The lowest BCUT2D eigenvalue weighted by atomic mass is 10.1. The quantitative estimate of drug-likeness (QED) is 0.608. The third-order valence-corrected chi connectivity index (χ3v) is 3.67. The summed E-state index contributed by atoms with van der Waals surface area (Å²) < 4.78 is 20.0. The fourth-order valence-electron chi connectivity index (χ4n) is 2.17. The van der Waals surface area contributed by atoms with Crippen molar-refractivity contribution in [2.75, 3.05) is 11.9 Å². The standard InChI is InChI=1S/C16H14BrFN2O4/c1-9-5-11(17)6-10(2)16(9)24-8-15(21)19-14-7-12(20(22)23)3-4-13(14)18/h3-7H,8H2,1-2H3,(H,19,21). The van der Waals surface area contributed by atoms with E-state index in [-0.39, 0.29) is 18.0 Å². The van der Waals surface area contributed by atoms with Crippen LogP contribution in [0.2, 0.25) is 0 Å². The van der Waals surface area contributed by atoms with Crippen LogP contribution >= 0.6 is 15.9 Å². The third-order valence-electron chi connectivity index (χ3n) is 3.21. The summed E-state index contributed by atoms with van der Waals surface area (Å²) in [6.45, 7) is 3.34. The maximum atomic E-state index is 13.6. The monoisotopic (exact) mass is 396 g/mol. The molecule has 1 amide bonds. The van der Waals surface area contributed by atoms with Crippen molar-refractivity contribution in [3.05, 3.63) is 61.9 Å². The average molecular weight is 397 g/mol. The molecule has 0 saturated carbocycles. The zero-order valence-corrected chi connectivity index (χ0v) is 14.5. The molecule has 2 aromatic carbocycles. The Hall–Kier alpha value is -2.48. The Kier molecular flexibility index (Phi) is 5.50. The van der Waals surface area contributed by atoms with Crippen LogP contribution in [0.15, 0.2) is 34.8 Å². The first-order chi connectivity index (χ1) is 11.3. The van der Waals surface area contributed by atoms with Gasteiger partial charge in [0.2, 0.25) is 0 Å². The predicted molar refractivity (Wildman–Crippen MR) is 90.8 cm³/mol. The molecule has 2 aromatic rings. The number of nitro benzene ring substituents is 1. The highest BCUT2D eigenvalue weighted by Gasteiger charge is 2.14. The molecular formula is C16H14BrFN2O4. The summed E-state index contributed by atoms with van der Waals surface area (Å²) in [7, 11) is 0. The van der Waals surface area contributed by atoms with E-state index in [4.69, 9.17) is 4.74 Å². The number of amides is 1. The minimum Gasteiger partial charge on any atom is -0.483 e. The van der Waals surface area contributed by atoms with Crippen molar-refractivity contribution >= 4 is 33.2 Å². The van der Waals surface area contributed by atoms with E-state index in [0.29, 0.717) is 5.75 Å². The first-order valence-corrected chi connectivity index (χ1v) is 7.70. The zero-order valence-electron chi connectivity index (χ0n) is 12.9. The van der Waals surface area contributed by atoms with Gasteiger partial charge in [-0.05, 0) is 43.2 Å². The van der Waals surface area contributed by atoms with Gasteiger partial charge < -0.3 is 10.1 Å². The van der Waals surface area contributed by atoms with Crippen molar-refractivity contribution in [3.8, 4) is 5.75 Å². The van der Waals surface area contributed by atoms with Crippen LogP contribution in [0.3, 0.4) is 0 Å². The summed E-state index contributed by atoms with van der Waals surface area (Å²) in [5, 5.41) is 13.0. The van der Waals surface area contributed by atoms with E-state index in [1.807, 2.05) is 26.0 Å². The summed E-state index contributed by atoms with van der Waals surface area (Å²) in [5.41, 5.74) is 1.11. The van der Waals surface area contributed by atoms with Gasteiger partial charge in [0.05, 0.1) is 10.6 Å². The van der Waals surface area contributed by atoms with Gasteiger partial charge >= 0.3 is 0 Å². The van der Waals surface area contributed by atoms with E-state index in [1.165, 1.54) is 0 Å². The number of hydrogen-bond acceptors (Lipinski definition) is 4. The van der Waals surface area contributed by atoms with E-state index in [2.05, 4.69) is 21.2 Å². The summed E-state index contributed by atoms with van der Waals surface area (Å²) in [5.74, 6) is -0.811. The number of anilines is 1. The Morgan fingerprint density at radius 3 is 2.50 bits per heavy atom. The van der Waals surface area contributed by atoms with Gasteiger partial charge in [-0.15, -0.1) is 0 Å². The third kappa shape index (κ3) is 4.29. The van der Waals surface area contributed by atoms with Gasteiger partial charge in [0.1, 0.15) is 11.6 Å². The van der Waals surface area contributed by atoms with Crippen molar-refractivity contribution in [2.24, 2.45) is 0 Å². The lowest BCUT2D eigenvalue weighted by molar-refractivity contribution is -0.384. The number of ether oxygens (including phenoxy) is 1. The number of non-ortho nitro benzene ring substituents is 1. The smallest absolute Gasteiger partial charge is 0.271 e. The highest BCUT2D eigenvalue weighted by atomic mass is 79.9. The van der Waals surface area contributed by atoms with E-state index in [0.717, 1.165) is 33.8 Å². The number of hydrogen-bond donors (Lipinski definition) is 1. The fraction of sp³-hybridized carbons (Fsp3) is 0.188. The number of carbonyl (C=O) groups is 1. The Labute approximate surface area is 145 Å². The van der Waals surface area contributed by atoms with Crippen molar-refractivity contribution in [1.82, 2.24) is 0 Å².